The zero-order valence-corrected chi connectivity index (χ0v) is 13.0. The highest BCUT2D eigenvalue weighted by molar-refractivity contribution is 6.04. The van der Waals surface area contributed by atoms with Crippen molar-refractivity contribution in [2.45, 2.75) is 0 Å². The molecule has 3 rings (SSSR count). The maximum Gasteiger partial charge on any atom is 0.257 e. The van der Waals surface area contributed by atoms with Gasteiger partial charge in [-0.25, -0.2) is 0 Å². The lowest BCUT2D eigenvalue weighted by Gasteiger charge is -2.28. The van der Waals surface area contributed by atoms with Crippen molar-refractivity contribution >= 4 is 17.3 Å². The average Bonchev–Trinajstić information content (AvgIpc) is 2.63. The number of methoxy groups -OCH3 is 1. The van der Waals surface area contributed by atoms with Gasteiger partial charge in [-0.05, 0) is 30.3 Å². The number of amides is 1. The molecule has 0 aliphatic carbocycles. The number of hydrogen-bond acceptors (Lipinski definition) is 5. The summed E-state index contributed by atoms with van der Waals surface area (Å²) in [6.45, 7) is 3.01. The molecule has 1 aromatic carbocycles. The Morgan fingerprint density at radius 1 is 1.22 bits per heavy atom. The largest absolute Gasteiger partial charge is 0.497 e. The van der Waals surface area contributed by atoms with Gasteiger partial charge >= 0.3 is 0 Å². The van der Waals surface area contributed by atoms with E-state index in [-0.39, 0.29) is 5.91 Å². The van der Waals surface area contributed by atoms with Gasteiger partial charge in [0.25, 0.3) is 5.91 Å². The van der Waals surface area contributed by atoms with Gasteiger partial charge < -0.3 is 19.7 Å². The van der Waals surface area contributed by atoms with Crippen molar-refractivity contribution in [1.82, 2.24) is 4.98 Å². The molecule has 2 heterocycles. The highest BCUT2D eigenvalue weighted by Crippen LogP contribution is 2.18. The number of benzene rings is 1. The first kappa shape index (κ1) is 15.3. The van der Waals surface area contributed by atoms with E-state index in [4.69, 9.17) is 9.47 Å². The van der Waals surface area contributed by atoms with Gasteiger partial charge in [-0.2, -0.15) is 0 Å². The molecule has 1 aliphatic heterocycles. The molecule has 1 saturated heterocycles. The molecular weight excluding hydrogens is 294 g/mol. The summed E-state index contributed by atoms with van der Waals surface area (Å²) in [4.78, 5) is 18.7. The van der Waals surface area contributed by atoms with E-state index in [1.165, 1.54) is 0 Å². The minimum atomic E-state index is -0.183. The van der Waals surface area contributed by atoms with Crippen LogP contribution in [-0.4, -0.2) is 44.3 Å². The van der Waals surface area contributed by atoms with E-state index in [1.54, 1.807) is 43.8 Å². The lowest BCUT2D eigenvalue weighted by molar-refractivity contribution is 0.102. The second-order valence-electron chi connectivity index (χ2n) is 5.21. The third-order valence-corrected chi connectivity index (χ3v) is 3.71. The minimum absolute atomic E-state index is 0.183. The number of rotatable bonds is 4. The van der Waals surface area contributed by atoms with E-state index >= 15 is 0 Å². The Bertz CT molecular complexity index is 667. The predicted molar refractivity (Wildman–Crippen MR) is 88.2 cm³/mol. The highest BCUT2D eigenvalue weighted by atomic mass is 16.5. The molecule has 0 saturated carbocycles. The number of morpholine rings is 1. The Kier molecular flexibility index (Phi) is 4.73. The van der Waals surface area contributed by atoms with Crippen LogP contribution in [0.2, 0.25) is 0 Å². The Morgan fingerprint density at radius 3 is 2.65 bits per heavy atom. The van der Waals surface area contributed by atoms with Crippen LogP contribution in [-0.2, 0) is 4.74 Å². The highest BCUT2D eigenvalue weighted by Gasteiger charge is 2.14. The van der Waals surface area contributed by atoms with Gasteiger partial charge in [0.2, 0.25) is 0 Å². The second kappa shape index (κ2) is 7.11. The predicted octanol–water partition coefficient (Wildman–Crippen LogP) is 2.18. The Balaban J connectivity index is 1.71. The summed E-state index contributed by atoms with van der Waals surface area (Å²) in [7, 11) is 1.61. The molecule has 1 amide bonds. The first-order valence-electron chi connectivity index (χ1n) is 7.49. The molecule has 1 N–H and O–H groups in total. The lowest BCUT2D eigenvalue weighted by Crippen LogP contribution is -2.36. The third-order valence-electron chi connectivity index (χ3n) is 3.71. The fourth-order valence-electron chi connectivity index (χ4n) is 2.42. The van der Waals surface area contributed by atoms with E-state index in [0.29, 0.717) is 24.5 Å². The van der Waals surface area contributed by atoms with Gasteiger partial charge in [-0.1, -0.05) is 0 Å². The quantitative estimate of drug-likeness (QED) is 0.937. The van der Waals surface area contributed by atoms with E-state index < -0.39 is 0 Å². The van der Waals surface area contributed by atoms with Crippen LogP contribution in [0.15, 0.2) is 42.7 Å². The number of carbonyl (C=O) groups is 1. The third kappa shape index (κ3) is 3.78. The summed E-state index contributed by atoms with van der Waals surface area (Å²) >= 11 is 0. The van der Waals surface area contributed by atoms with E-state index in [9.17, 15) is 4.79 Å². The normalized spacial score (nSPS) is 14.4. The monoisotopic (exact) mass is 313 g/mol. The molecule has 0 spiro atoms. The van der Waals surface area contributed by atoms with Crippen molar-refractivity contribution in [3.8, 4) is 5.75 Å². The Hall–Kier alpha value is -2.60. The zero-order chi connectivity index (χ0) is 16.1. The number of aromatic nitrogens is 1. The van der Waals surface area contributed by atoms with E-state index in [0.717, 1.165) is 24.5 Å². The molecule has 23 heavy (non-hydrogen) atoms. The molecule has 2 aromatic rings. The van der Waals surface area contributed by atoms with Crippen molar-refractivity contribution in [2.75, 3.05) is 43.6 Å². The summed E-state index contributed by atoms with van der Waals surface area (Å²) in [5.41, 5.74) is 2.19. The number of hydrogen-bond donors (Lipinski definition) is 1. The Labute approximate surface area is 135 Å². The number of pyridine rings is 1. The lowest BCUT2D eigenvalue weighted by atomic mass is 10.2. The fraction of sp³-hybridized carbons (Fsp3) is 0.294. The van der Waals surface area contributed by atoms with E-state index in [2.05, 4.69) is 15.2 Å². The molecule has 0 bridgehead atoms. The number of carbonyl (C=O) groups excluding carboxylic acids is 1. The molecule has 1 fully saturated rings. The van der Waals surface area contributed by atoms with Crippen molar-refractivity contribution < 1.29 is 14.3 Å². The molecule has 1 aromatic heterocycles. The molecule has 0 radical (unpaired) electrons. The van der Waals surface area contributed by atoms with Gasteiger partial charge in [-0.3, -0.25) is 9.78 Å². The minimum Gasteiger partial charge on any atom is -0.497 e. The topological polar surface area (TPSA) is 63.7 Å². The number of nitrogens with one attached hydrogen (secondary N) is 1. The number of ether oxygens (including phenoxy) is 2. The molecule has 6 heteroatoms. The maximum atomic E-state index is 12.4. The van der Waals surface area contributed by atoms with Crippen LogP contribution in [0.5, 0.6) is 5.75 Å². The summed E-state index contributed by atoms with van der Waals surface area (Å²) in [5.74, 6) is 0.566. The van der Waals surface area contributed by atoms with Gasteiger partial charge in [-0.15, -0.1) is 0 Å². The van der Waals surface area contributed by atoms with Crippen LogP contribution in [0.1, 0.15) is 10.4 Å². The Morgan fingerprint density at radius 2 is 1.96 bits per heavy atom. The van der Waals surface area contributed by atoms with Crippen LogP contribution in [0.25, 0.3) is 0 Å². The average molecular weight is 313 g/mol. The van der Waals surface area contributed by atoms with Gasteiger partial charge in [0.15, 0.2) is 0 Å². The smallest absolute Gasteiger partial charge is 0.257 e. The number of anilines is 2. The summed E-state index contributed by atoms with van der Waals surface area (Å²) in [6.07, 6.45) is 3.35. The van der Waals surface area contributed by atoms with Crippen LogP contribution < -0.4 is 15.0 Å². The molecule has 0 atom stereocenters. The zero-order valence-electron chi connectivity index (χ0n) is 13.0. The van der Waals surface area contributed by atoms with Crippen molar-refractivity contribution in [2.24, 2.45) is 0 Å². The standard InChI is InChI=1S/C17H19N3O3/c1-22-16-4-2-14(3-5-16)19-17(21)13-10-15(12-18-11-13)20-6-8-23-9-7-20/h2-5,10-12H,6-9H2,1H3,(H,19,21). The van der Waals surface area contributed by atoms with Crippen molar-refractivity contribution in [3.05, 3.63) is 48.3 Å². The van der Waals surface area contributed by atoms with Gasteiger partial charge in [0, 0.05) is 25.0 Å². The van der Waals surface area contributed by atoms with E-state index in [1.807, 2.05) is 6.07 Å². The summed E-state index contributed by atoms with van der Waals surface area (Å²) in [5, 5.41) is 2.86. The maximum absolute atomic E-state index is 12.4. The first-order chi connectivity index (χ1) is 11.3. The van der Waals surface area contributed by atoms with Gasteiger partial charge in [0.1, 0.15) is 5.75 Å². The van der Waals surface area contributed by atoms with Crippen molar-refractivity contribution in [1.29, 1.82) is 0 Å². The summed E-state index contributed by atoms with van der Waals surface area (Å²) in [6, 6.07) is 9.07. The van der Waals surface area contributed by atoms with Crippen LogP contribution in [0, 0.1) is 0 Å². The van der Waals surface area contributed by atoms with Crippen LogP contribution >= 0.6 is 0 Å². The van der Waals surface area contributed by atoms with Gasteiger partial charge in [0.05, 0.1) is 37.8 Å². The van der Waals surface area contributed by atoms with Crippen LogP contribution in [0.4, 0.5) is 11.4 Å². The molecule has 120 valence electrons. The molecule has 0 unspecified atom stereocenters. The fourth-order valence-corrected chi connectivity index (χ4v) is 2.42. The molecular formula is C17H19N3O3. The molecule has 6 nitrogen and oxygen atoms in total. The SMILES string of the molecule is COc1ccc(NC(=O)c2cncc(N3CCOCC3)c2)cc1. The number of nitrogens with zero attached hydrogens (tertiary/aromatic N) is 2. The van der Waals surface area contributed by atoms with Crippen molar-refractivity contribution in [3.63, 3.8) is 0 Å². The molecule has 1 aliphatic rings. The summed E-state index contributed by atoms with van der Waals surface area (Å²) < 4.78 is 10.4. The second-order valence-corrected chi connectivity index (χ2v) is 5.21. The first-order valence-corrected chi connectivity index (χ1v) is 7.49. The van der Waals surface area contributed by atoms with Crippen LogP contribution in [0.3, 0.4) is 0 Å².